The molecule has 2 N–H and O–H groups in total. The van der Waals surface area contributed by atoms with E-state index in [1.807, 2.05) is 44.3 Å². The first-order valence-electron chi connectivity index (χ1n) is 10.5. The van der Waals surface area contributed by atoms with E-state index in [9.17, 15) is 0 Å². The second-order valence-electron chi connectivity index (χ2n) is 8.16. The van der Waals surface area contributed by atoms with E-state index in [-0.39, 0.29) is 12.2 Å². The van der Waals surface area contributed by atoms with Crippen LogP contribution in [0, 0.1) is 5.41 Å². The topological polar surface area (TPSA) is 74.7 Å². The first-order valence-corrected chi connectivity index (χ1v) is 10.5. The number of fused-ring (bicyclic) bond motifs is 1. The molecule has 0 aliphatic heterocycles. The van der Waals surface area contributed by atoms with Gasteiger partial charge in [0.15, 0.2) is 0 Å². The quantitative estimate of drug-likeness (QED) is 0.523. The van der Waals surface area contributed by atoms with Gasteiger partial charge >= 0.3 is 0 Å². The SMILES string of the molecule is CC=C(C(C)=N)c1cc(C(OC2CC2)c2ccccn2)c2nc(C3CC3)[nH]c2c1. The van der Waals surface area contributed by atoms with Gasteiger partial charge in [0.05, 0.1) is 22.8 Å². The molecule has 5 nitrogen and oxygen atoms in total. The van der Waals surface area contributed by atoms with Gasteiger partial charge in [0.2, 0.25) is 0 Å². The molecule has 5 rings (SSSR count). The molecule has 1 unspecified atom stereocenters. The molecule has 2 aliphatic carbocycles. The third kappa shape index (κ3) is 3.62. The van der Waals surface area contributed by atoms with Gasteiger partial charge in [-0.1, -0.05) is 12.1 Å². The normalized spacial score (nSPS) is 18.2. The van der Waals surface area contributed by atoms with Crippen molar-refractivity contribution in [2.24, 2.45) is 0 Å². The lowest BCUT2D eigenvalue weighted by molar-refractivity contribution is 0.0640. The summed E-state index contributed by atoms with van der Waals surface area (Å²) in [6.07, 6.45) is 8.44. The van der Waals surface area contributed by atoms with E-state index in [2.05, 4.69) is 22.1 Å². The Morgan fingerprint density at radius 1 is 1.24 bits per heavy atom. The standard InChI is InChI=1S/C24H26N4O/c1-3-18(14(2)25)16-12-19(22-21(13-16)27-24(28-22)15-7-8-15)23(29-17-9-10-17)20-6-4-5-11-26-20/h3-6,11-13,15,17,23,25H,7-10H2,1-2H3,(H,27,28). The van der Waals surface area contributed by atoms with Crippen LogP contribution >= 0.6 is 0 Å². The van der Waals surface area contributed by atoms with Gasteiger partial charge in [0.1, 0.15) is 11.9 Å². The average Bonchev–Trinajstić information content (AvgIpc) is 3.65. The molecule has 0 saturated heterocycles. The summed E-state index contributed by atoms with van der Waals surface area (Å²) in [6.45, 7) is 3.81. The predicted octanol–water partition coefficient (Wildman–Crippen LogP) is 5.55. The molecule has 2 saturated carbocycles. The fraction of sp³-hybridized carbons (Fsp3) is 0.375. The molecule has 2 heterocycles. The molecule has 0 amide bonds. The molecule has 0 spiro atoms. The largest absolute Gasteiger partial charge is 0.364 e. The maximum absolute atomic E-state index is 8.21. The number of aromatic amines is 1. The average molecular weight is 386 g/mol. The van der Waals surface area contributed by atoms with Crippen LogP contribution < -0.4 is 0 Å². The van der Waals surface area contributed by atoms with Crippen LogP contribution in [-0.2, 0) is 4.74 Å². The molecule has 2 fully saturated rings. The Balaban J connectivity index is 1.71. The number of imidazole rings is 1. The second kappa shape index (κ2) is 7.23. The summed E-state index contributed by atoms with van der Waals surface area (Å²) < 4.78 is 6.47. The van der Waals surface area contributed by atoms with E-state index in [4.69, 9.17) is 15.1 Å². The Hall–Kier alpha value is -2.79. The second-order valence-corrected chi connectivity index (χ2v) is 8.16. The van der Waals surface area contributed by atoms with E-state index < -0.39 is 0 Å². The minimum absolute atomic E-state index is 0.259. The van der Waals surface area contributed by atoms with Crippen LogP contribution in [0.4, 0.5) is 0 Å². The summed E-state index contributed by atoms with van der Waals surface area (Å²) in [6, 6.07) is 10.2. The highest BCUT2D eigenvalue weighted by Crippen LogP contribution is 2.42. The number of benzene rings is 1. The lowest BCUT2D eigenvalue weighted by Gasteiger charge is -2.20. The van der Waals surface area contributed by atoms with Crippen molar-refractivity contribution in [2.75, 3.05) is 0 Å². The van der Waals surface area contributed by atoms with Crippen LogP contribution in [-0.4, -0.2) is 26.8 Å². The van der Waals surface area contributed by atoms with Crippen molar-refractivity contribution < 1.29 is 4.74 Å². The minimum atomic E-state index is -0.259. The van der Waals surface area contributed by atoms with E-state index >= 15 is 0 Å². The van der Waals surface area contributed by atoms with Crippen molar-refractivity contribution in [3.63, 3.8) is 0 Å². The molecule has 3 aromatic rings. The lowest BCUT2D eigenvalue weighted by Crippen LogP contribution is -2.11. The van der Waals surface area contributed by atoms with E-state index in [1.165, 1.54) is 12.8 Å². The smallest absolute Gasteiger partial charge is 0.127 e. The highest BCUT2D eigenvalue weighted by Gasteiger charge is 2.32. The Bertz CT molecular complexity index is 1090. The number of rotatable bonds is 7. The van der Waals surface area contributed by atoms with Gasteiger partial charge in [0, 0.05) is 23.4 Å². The van der Waals surface area contributed by atoms with Crippen LogP contribution in [0.25, 0.3) is 16.6 Å². The number of aromatic nitrogens is 3. The third-order valence-electron chi connectivity index (χ3n) is 5.69. The van der Waals surface area contributed by atoms with Crippen LogP contribution in [0.5, 0.6) is 0 Å². The Kier molecular flexibility index (Phi) is 4.55. The number of hydrogen-bond acceptors (Lipinski definition) is 4. The van der Waals surface area contributed by atoms with Gasteiger partial charge in [-0.05, 0) is 74.9 Å². The number of allylic oxidation sites excluding steroid dienone is 2. The van der Waals surface area contributed by atoms with Crippen LogP contribution in [0.2, 0.25) is 0 Å². The number of H-pyrrole nitrogens is 1. The van der Waals surface area contributed by atoms with E-state index in [0.29, 0.717) is 11.6 Å². The summed E-state index contributed by atoms with van der Waals surface area (Å²) in [5.74, 6) is 1.61. The van der Waals surface area contributed by atoms with Gasteiger partial charge in [-0.25, -0.2) is 4.98 Å². The van der Waals surface area contributed by atoms with Crippen molar-refractivity contribution in [1.82, 2.24) is 15.0 Å². The molecule has 2 aromatic heterocycles. The number of hydrogen-bond donors (Lipinski definition) is 2. The van der Waals surface area contributed by atoms with E-state index in [0.717, 1.165) is 52.1 Å². The van der Waals surface area contributed by atoms with Crippen molar-refractivity contribution >= 4 is 22.3 Å². The number of nitrogens with zero attached hydrogens (tertiary/aromatic N) is 2. The lowest BCUT2D eigenvalue weighted by atomic mass is 9.95. The first kappa shape index (κ1) is 18.3. The van der Waals surface area contributed by atoms with Crippen molar-refractivity contribution in [2.45, 2.75) is 57.7 Å². The molecule has 29 heavy (non-hydrogen) atoms. The van der Waals surface area contributed by atoms with Crippen LogP contribution in [0.3, 0.4) is 0 Å². The first-order chi connectivity index (χ1) is 14.1. The molecule has 5 heteroatoms. The van der Waals surface area contributed by atoms with Gasteiger partial charge in [-0.2, -0.15) is 0 Å². The van der Waals surface area contributed by atoms with Gasteiger partial charge in [-0.3, -0.25) is 4.98 Å². The van der Waals surface area contributed by atoms with Crippen molar-refractivity contribution in [3.05, 3.63) is 65.2 Å². The van der Waals surface area contributed by atoms with Crippen LogP contribution in [0.15, 0.2) is 42.6 Å². The Morgan fingerprint density at radius 3 is 2.69 bits per heavy atom. The zero-order chi connectivity index (χ0) is 20.0. The number of nitrogens with one attached hydrogen (secondary N) is 2. The highest BCUT2D eigenvalue weighted by atomic mass is 16.5. The predicted molar refractivity (Wildman–Crippen MR) is 115 cm³/mol. The zero-order valence-corrected chi connectivity index (χ0v) is 16.9. The molecule has 2 aliphatic rings. The summed E-state index contributed by atoms with van der Waals surface area (Å²) in [4.78, 5) is 13.1. The van der Waals surface area contributed by atoms with Gasteiger partial charge in [-0.15, -0.1) is 0 Å². The monoisotopic (exact) mass is 386 g/mol. The highest BCUT2D eigenvalue weighted by molar-refractivity contribution is 6.21. The third-order valence-corrected chi connectivity index (χ3v) is 5.69. The van der Waals surface area contributed by atoms with E-state index in [1.54, 1.807) is 0 Å². The zero-order valence-electron chi connectivity index (χ0n) is 16.9. The minimum Gasteiger partial charge on any atom is -0.364 e. The molecule has 0 radical (unpaired) electrons. The maximum atomic E-state index is 8.21. The van der Waals surface area contributed by atoms with Crippen LogP contribution in [0.1, 0.15) is 74.2 Å². The summed E-state index contributed by atoms with van der Waals surface area (Å²) >= 11 is 0. The fourth-order valence-electron chi connectivity index (χ4n) is 3.90. The molecule has 1 atom stereocenters. The molecule has 1 aromatic carbocycles. The summed E-state index contributed by atoms with van der Waals surface area (Å²) in [7, 11) is 0. The molecule has 0 bridgehead atoms. The van der Waals surface area contributed by atoms with Crippen molar-refractivity contribution in [3.8, 4) is 0 Å². The number of ether oxygens (including phenoxy) is 1. The fourth-order valence-corrected chi connectivity index (χ4v) is 3.90. The summed E-state index contributed by atoms with van der Waals surface area (Å²) in [5.41, 5.74) is 6.42. The van der Waals surface area contributed by atoms with Gasteiger partial charge < -0.3 is 15.1 Å². The Labute approximate surface area is 170 Å². The maximum Gasteiger partial charge on any atom is 0.127 e. The molecular weight excluding hydrogens is 360 g/mol. The molecular formula is C24H26N4O. The van der Waals surface area contributed by atoms with Crippen molar-refractivity contribution in [1.29, 1.82) is 5.41 Å². The Morgan fingerprint density at radius 2 is 2.07 bits per heavy atom. The summed E-state index contributed by atoms with van der Waals surface area (Å²) in [5, 5.41) is 8.21. The van der Waals surface area contributed by atoms with Gasteiger partial charge in [0.25, 0.3) is 0 Å². The number of pyridine rings is 1. The molecule has 148 valence electrons.